The standard InChI is InChI=1S/C18H30N2/c1-5-12-19-13-11-17-9-7-8-10-18(17)15-20(6-2)14-16(3)4/h7-10,19H,3,5-6,11-15H2,1-2,4H3. The first-order valence-electron chi connectivity index (χ1n) is 7.81. The average Bonchev–Trinajstić information content (AvgIpc) is 2.44. The molecule has 2 nitrogen and oxygen atoms in total. The van der Waals surface area contributed by atoms with Gasteiger partial charge >= 0.3 is 0 Å². The zero-order valence-corrected chi connectivity index (χ0v) is 13.4. The van der Waals surface area contributed by atoms with Gasteiger partial charge < -0.3 is 5.32 Å². The summed E-state index contributed by atoms with van der Waals surface area (Å²) in [6, 6.07) is 8.81. The number of benzene rings is 1. The molecule has 0 aliphatic carbocycles. The van der Waals surface area contributed by atoms with Crippen LogP contribution in [-0.2, 0) is 13.0 Å². The van der Waals surface area contributed by atoms with Crippen LogP contribution < -0.4 is 5.32 Å². The van der Waals surface area contributed by atoms with Crippen LogP contribution in [0.3, 0.4) is 0 Å². The largest absolute Gasteiger partial charge is 0.316 e. The van der Waals surface area contributed by atoms with E-state index in [1.807, 2.05) is 0 Å². The van der Waals surface area contributed by atoms with E-state index in [1.165, 1.54) is 23.1 Å². The first-order valence-corrected chi connectivity index (χ1v) is 7.81. The summed E-state index contributed by atoms with van der Waals surface area (Å²) >= 11 is 0. The van der Waals surface area contributed by atoms with Crippen LogP contribution in [0.4, 0.5) is 0 Å². The van der Waals surface area contributed by atoms with Gasteiger partial charge in [-0.2, -0.15) is 0 Å². The predicted molar refractivity (Wildman–Crippen MR) is 89.1 cm³/mol. The minimum absolute atomic E-state index is 0.985. The highest BCUT2D eigenvalue weighted by molar-refractivity contribution is 5.27. The van der Waals surface area contributed by atoms with Crippen molar-refractivity contribution in [3.05, 3.63) is 47.5 Å². The highest BCUT2D eigenvalue weighted by Gasteiger charge is 2.07. The number of nitrogens with one attached hydrogen (secondary N) is 1. The van der Waals surface area contributed by atoms with Gasteiger partial charge in [0.1, 0.15) is 0 Å². The molecule has 0 aromatic heterocycles. The molecule has 0 bridgehead atoms. The third kappa shape index (κ3) is 6.36. The molecule has 0 aliphatic rings. The molecule has 112 valence electrons. The van der Waals surface area contributed by atoms with Gasteiger partial charge in [0.2, 0.25) is 0 Å². The second-order valence-corrected chi connectivity index (χ2v) is 5.53. The monoisotopic (exact) mass is 274 g/mol. The van der Waals surface area contributed by atoms with E-state index in [2.05, 4.69) is 61.8 Å². The molecular weight excluding hydrogens is 244 g/mol. The zero-order chi connectivity index (χ0) is 14.8. The second kappa shape index (κ2) is 9.73. The summed E-state index contributed by atoms with van der Waals surface area (Å²) in [5, 5.41) is 3.48. The van der Waals surface area contributed by atoms with Crippen molar-refractivity contribution in [3.8, 4) is 0 Å². The topological polar surface area (TPSA) is 15.3 Å². The normalized spacial score (nSPS) is 11.0. The molecule has 1 rings (SSSR count). The van der Waals surface area contributed by atoms with Crippen LogP contribution in [-0.4, -0.2) is 31.1 Å². The van der Waals surface area contributed by atoms with Crippen LogP contribution in [0.2, 0.25) is 0 Å². The van der Waals surface area contributed by atoms with Crippen LogP contribution in [0.1, 0.15) is 38.3 Å². The Morgan fingerprint density at radius 2 is 1.85 bits per heavy atom. The van der Waals surface area contributed by atoms with Crippen LogP contribution in [0.5, 0.6) is 0 Å². The van der Waals surface area contributed by atoms with Gasteiger partial charge in [0.25, 0.3) is 0 Å². The van der Waals surface area contributed by atoms with Gasteiger partial charge in [0, 0.05) is 13.1 Å². The van der Waals surface area contributed by atoms with Gasteiger partial charge in [-0.25, -0.2) is 0 Å². The highest BCUT2D eigenvalue weighted by atomic mass is 15.1. The van der Waals surface area contributed by atoms with E-state index in [1.54, 1.807) is 0 Å². The number of hydrogen-bond donors (Lipinski definition) is 1. The van der Waals surface area contributed by atoms with Crippen molar-refractivity contribution in [1.82, 2.24) is 10.2 Å². The van der Waals surface area contributed by atoms with Crippen LogP contribution in [0.15, 0.2) is 36.4 Å². The third-order valence-electron chi connectivity index (χ3n) is 3.45. The van der Waals surface area contributed by atoms with Crippen molar-refractivity contribution in [2.45, 2.75) is 40.2 Å². The molecule has 0 amide bonds. The lowest BCUT2D eigenvalue weighted by atomic mass is 10.0. The summed E-state index contributed by atoms with van der Waals surface area (Å²) < 4.78 is 0. The summed E-state index contributed by atoms with van der Waals surface area (Å²) in [6.45, 7) is 15.8. The van der Waals surface area contributed by atoms with Gasteiger partial charge in [-0.05, 0) is 50.5 Å². The quantitative estimate of drug-likeness (QED) is 0.518. The lowest BCUT2D eigenvalue weighted by Crippen LogP contribution is -2.25. The van der Waals surface area contributed by atoms with E-state index >= 15 is 0 Å². The summed E-state index contributed by atoms with van der Waals surface area (Å²) in [6.07, 6.45) is 2.31. The fourth-order valence-corrected chi connectivity index (χ4v) is 2.38. The van der Waals surface area contributed by atoms with Gasteiger partial charge in [-0.15, -0.1) is 0 Å². The van der Waals surface area contributed by atoms with Crippen LogP contribution in [0, 0.1) is 0 Å². The van der Waals surface area contributed by atoms with Gasteiger partial charge in [0.05, 0.1) is 0 Å². The maximum atomic E-state index is 4.03. The fourth-order valence-electron chi connectivity index (χ4n) is 2.38. The van der Waals surface area contributed by atoms with Crippen molar-refractivity contribution in [2.75, 3.05) is 26.2 Å². The van der Waals surface area contributed by atoms with Gasteiger partial charge in [-0.3, -0.25) is 4.90 Å². The zero-order valence-electron chi connectivity index (χ0n) is 13.4. The molecule has 1 N–H and O–H groups in total. The lowest BCUT2D eigenvalue weighted by Gasteiger charge is -2.22. The molecule has 20 heavy (non-hydrogen) atoms. The van der Waals surface area contributed by atoms with Crippen LogP contribution >= 0.6 is 0 Å². The van der Waals surface area contributed by atoms with Gasteiger partial charge in [-0.1, -0.05) is 50.3 Å². The molecule has 0 aliphatic heterocycles. The first kappa shape index (κ1) is 16.9. The van der Waals surface area contributed by atoms with E-state index in [0.717, 1.165) is 39.1 Å². The molecule has 0 saturated heterocycles. The Bertz CT molecular complexity index is 398. The summed E-state index contributed by atoms with van der Waals surface area (Å²) in [5.41, 5.74) is 4.15. The Morgan fingerprint density at radius 3 is 2.45 bits per heavy atom. The highest BCUT2D eigenvalue weighted by Crippen LogP contribution is 2.13. The fraction of sp³-hybridized carbons (Fsp3) is 0.556. The molecular formula is C18H30N2. The van der Waals surface area contributed by atoms with Crippen molar-refractivity contribution in [1.29, 1.82) is 0 Å². The SMILES string of the molecule is C=C(C)CN(CC)Cc1ccccc1CCNCCC. The predicted octanol–water partition coefficient (Wildman–Crippen LogP) is 3.63. The number of rotatable bonds is 10. The third-order valence-corrected chi connectivity index (χ3v) is 3.45. The Balaban J connectivity index is 2.61. The van der Waals surface area contributed by atoms with Crippen molar-refractivity contribution in [2.24, 2.45) is 0 Å². The summed E-state index contributed by atoms with van der Waals surface area (Å²) in [4.78, 5) is 2.45. The Morgan fingerprint density at radius 1 is 1.15 bits per heavy atom. The van der Waals surface area contributed by atoms with Crippen molar-refractivity contribution in [3.63, 3.8) is 0 Å². The summed E-state index contributed by atoms with van der Waals surface area (Å²) in [7, 11) is 0. The molecule has 0 spiro atoms. The van der Waals surface area contributed by atoms with E-state index < -0.39 is 0 Å². The van der Waals surface area contributed by atoms with Crippen molar-refractivity contribution >= 4 is 0 Å². The van der Waals surface area contributed by atoms with E-state index in [4.69, 9.17) is 0 Å². The molecule has 0 fully saturated rings. The minimum atomic E-state index is 0.985. The van der Waals surface area contributed by atoms with Gasteiger partial charge in [0.15, 0.2) is 0 Å². The average molecular weight is 274 g/mol. The van der Waals surface area contributed by atoms with Crippen molar-refractivity contribution < 1.29 is 0 Å². The number of nitrogens with zero attached hydrogens (tertiary/aromatic N) is 1. The minimum Gasteiger partial charge on any atom is -0.316 e. The smallest absolute Gasteiger partial charge is 0.0239 e. The first-order chi connectivity index (χ1) is 9.67. The Labute approximate surface area is 124 Å². The molecule has 2 heteroatoms. The van der Waals surface area contributed by atoms with E-state index in [-0.39, 0.29) is 0 Å². The summed E-state index contributed by atoms with van der Waals surface area (Å²) in [5.74, 6) is 0. The Hall–Kier alpha value is -1.12. The second-order valence-electron chi connectivity index (χ2n) is 5.53. The molecule has 0 heterocycles. The maximum absolute atomic E-state index is 4.03. The molecule has 1 aromatic rings. The van der Waals surface area contributed by atoms with E-state index in [0.29, 0.717) is 0 Å². The Kier molecular flexibility index (Phi) is 8.24. The number of hydrogen-bond acceptors (Lipinski definition) is 2. The van der Waals surface area contributed by atoms with Crippen LogP contribution in [0.25, 0.3) is 0 Å². The molecule has 0 unspecified atom stereocenters. The number of likely N-dealkylation sites (N-methyl/N-ethyl adjacent to an activating group) is 1. The molecule has 0 saturated carbocycles. The molecule has 0 radical (unpaired) electrons. The lowest BCUT2D eigenvalue weighted by molar-refractivity contribution is 0.303. The molecule has 1 aromatic carbocycles. The molecule has 0 atom stereocenters. The van der Waals surface area contributed by atoms with E-state index in [9.17, 15) is 0 Å². The maximum Gasteiger partial charge on any atom is 0.0239 e.